The van der Waals surface area contributed by atoms with Crippen LogP contribution >= 0.6 is 0 Å². The maximum atomic E-state index is 10.7. The zero-order valence-electron chi connectivity index (χ0n) is 10.2. The number of nitrogens with two attached hydrogens (primary N) is 1. The van der Waals surface area contributed by atoms with Gasteiger partial charge in [0.05, 0.1) is 11.0 Å². The van der Waals surface area contributed by atoms with Crippen molar-refractivity contribution in [2.24, 2.45) is 5.41 Å². The van der Waals surface area contributed by atoms with E-state index in [-0.39, 0.29) is 23.0 Å². The van der Waals surface area contributed by atoms with Crippen molar-refractivity contribution < 1.29 is 4.92 Å². The maximum absolute atomic E-state index is 10.7. The Morgan fingerprint density at radius 2 is 2.35 bits per heavy atom. The number of hydrogen-bond donors (Lipinski definition) is 1. The van der Waals surface area contributed by atoms with E-state index in [1.165, 1.54) is 12.6 Å². The topological polar surface area (TPSA) is 87.0 Å². The van der Waals surface area contributed by atoms with Crippen LogP contribution in [-0.2, 0) is 0 Å². The van der Waals surface area contributed by atoms with E-state index in [1.807, 2.05) is 0 Å². The summed E-state index contributed by atoms with van der Waals surface area (Å²) in [5.41, 5.74) is 5.95. The van der Waals surface area contributed by atoms with Gasteiger partial charge in [0.1, 0.15) is 6.20 Å². The molecular weight excluding hydrogens is 220 g/mol. The summed E-state index contributed by atoms with van der Waals surface area (Å²) in [5.74, 6) is 0.178. The van der Waals surface area contributed by atoms with E-state index in [0.717, 1.165) is 19.3 Å². The number of hydrogen-bond acceptors (Lipinski definition) is 4. The second-order valence-corrected chi connectivity index (χ2v) is 5.53. The SMILES string of the molecule is CC1(C)CCCC(n2ncc([N+](=O)[O-])c2N)C1. The number of aromatic nitrogens is 2. The highest BCUT2D eigenvalue weighted by Crippen LogP contribution is 2.42. The Hall–Kier alpha value is -1.59. The van der Waals surface area contributed by atoms with Crippen LogP contribution in [0.2, 0.25) is 0 Å². The van der Waals surface area contributed by atoms with E-state index in [9.17, 15) is 10.1 Å². The first-order chi connectivity index (χ1) is 7.91. The number of nitro groups is 1. The zero-order chi connectivity index (χ0) is 12.6. The van der Waals surface area contributed by atoms with E-state index in [4.69, 9.17) is 5.73 Å². The van der Waals surface area contributed by atoms with Crippen molar-refractivity contribution in [3.05, 3.63) is 16.3 Å². The van der Waals surface area contributed by atoms with Gasteiger partial charge in [-0.3, -0.25) is 10.1 Å². The third kappa shape index (κ3) is 2.25. The Labute approximate surface area is 99.9 Å². The van der Waals surface area contributed by atoms with Gasteiger partial charge in [-0.25, -0.2) is 4.68 Å². The van der Waals surface area contributed by atoms with Crippen molar-refractivity contribution in [3.63, 3.8) is 0 Å². The Morgan fingerprint density at radius 1 is 1.65 bits per heavy atom. The minimum absolute atomic E-state index is 0.0895. The molecule has 0 spiro atoms. The summed E-state index contributed by atoms with van der Waals surface area (Å²) in [6.07, 6.45) is 5.51. The van der Waals surface area contributed by atoms with E-state index in [2.05, 4.69) is 18.9 Å². The molecule has 1 fully saturated rings. The quantitative estimate of drug-likeness (QED) is 0.633. The van der Waals surface area contributed by atoms with Crippen molar-refractivity contribution in [2.45, 2.75) is 45.6 Å². The lowest BCUT2D eigenvalue weighted by Crippen LogP contribution is -2.26. The van der Waals surface area contributed by atoms with Gasteiger partial charge in [-0.1, -0.05) is 20.3 Å². The summed E-state index contributed by atoms with van der Waals surface area (Å²) in [4.78, 5) is 10.2. The number of rotatable bonds is 2. The van der Waals surface area contributed by atoms with E-state index in [1.54, 1.807) is 4.68 Å². The molecule has 1 aliphatic carbocycles. The number of anilines is 1. The van der Waals surface area contributed by atoms with Crippen LogP contribution in [0.3, 0.4) is 0 Å². The molecular formula is C11H18N4O2. The highest BCUT2D eigenvalue weighted by atomic mass is 16.6. The van der Waals surface area contributed by atoms with Crippen LogP contribution in [0.15, 0.2) is 6.20 Å². The molecule has 94 valence electrons. The predicted molar refractivity (Wildman–Crippen MR) is 64.6 cm³/mol. The van der Waals surface area contributed by atoms with Crippen molar-refractivity contribution >= 4 is 11.5 Å². The van der Waals surface area contributed by atoms with Crippen molar-refractivity contribution in [2.75, 3.05) is 5.73 Å². The summed E-state index contributed by atoms with van der Waals surface area (Å²) in [5, 5.41) is 14.8. The van der Waals surface area contributed by atoms with Gasteiger partial charge in [-0.05, 0) is 24.7 Å². The van der Waals surface area contributed by atoms with Crippen molar-refractivity contribution in [3.8, 4) is 0 Å². The van der Waals surface area contributed by atoms with E-state index < -0.39 is 4.92 Å². The Morgan fingerprint density at radius 3 is 2.88 bits per heavy atom. The molecule has 17 heavy (non-hydrogen) atoms. The van der Waals surface area contributed by atoms with Gasteiger partial charge in [0, 0.05) is 0 Å². The number of nitrogen functional groups attached to an aromatic ring is 1. The fourth-order valence-electron chi connectivity index (χ4n) is 2.66. The summed E-state index contributed by atoms with van der Waals surface area (Å²) >= 11 is 0. The Kier molecular flexibility index (Phi) is 2.81. The molecule has 1 unspecified atom stereocenters. The molecule has 1 aromatic rings. The Balaban J connectivity index is 2.25. The van der Waals surface area contributed by atoms with Crippen molar-refractivity contribution in [1.82, 2.24) is 9.78 Å². The van der Waals surface area contributed by atoms with Crippen LogP contribution in [0, 0.1) is 15.5 Å². The predicted octanol–water partition coefficient (Wildman–Crippen LogP) is 2.51. The molecule has 2 rings (SSSR count). The lowest BCUT2D eigenvalue weighted by molar-refractivity contribution is -0.384. The molecule has 0 aliphatic heterocycles. The van der Waals surface area contributed by atoms with Gasteiger partial charge < -0.3 is 5.73 Å². The average molecular weight is 238 g/mol. The van der Waals surface area contributed by atoms with E-state index in [0.29, 0.717) is 0 Å². The third-order valence-electron chi connectivity index (χ3n) is 3.54. The molecule has 0 bridgehead atoms. The van der Waals surface area contributed by atoms with Crippen LogP contribution in [0.25, 0.3) is 0 Å². The fourth-order valence-corrected chi connectivity index (χ4v) is 2.66. The van der Waals surface area contributed by atoms with Gasteiger partial charge in [-0.2, -0.15) is 5.10 Å². The first-order valence-corrected chi connectivity index (χ1v) is 5.88. The second-order valence-electron chi connectivity index (χ2n) is 5.53. The number of nitrogens with zero attached hydrogens (tertiary/aromatic N) is 3. The zero-order valence-corrected chi connectivity index (χ0v) is 10.2. The molecule has 0 radical (unpaired) electrons. The maximum Gasteiger partial charge on any atom is 0.330 e. The third-order valence-corrected chi connectivity index (χ3v) is 3.54. The summed E-state index contributed by atoms with van der Waals surface area (Å²) < 4.78 is 1.62. The van der Waals surface area contributed by atoms with Gasteiger partial charge in [0.15, 0.2) is 0 Å². The van der Waals surface area contributed by atoms with Crippen LogP contribution in [0.5, 0.6) is 0 Å². The van der Waals surface area contributed by atoms with Crippen LogP contribution < -0.4 is 5.73 Å². The van der Waals surface area contributed by atoms with Crippen LogP contribution in [0.1, 0.15) is 45.6 Å². The van der Waals surface area contributed by atoms with Crippen molar-refractivity contribution in [1.29, 1.82) is 0 Å². The molecule has 6 heteroatoms. The van der Waals surface area contributed by atoms with Gasteiger partial charge >= 0.3 is 5.69 Å². The lowest BCUT2D eigenvalue weighted by atomic mass is 9.75. The molecule has 1 aliphatic rings. The first-order valence-electron chi connectivity index (χ1n) is 5.88. The molecule has 0 aromatic carbocycles. The first kappa shape index (κ1) is 11.9. The molecule has 1 saturated carbocycles. The van der Waals surface area contributed by atoms with Gasteiger partial charge in [0.2, 0.25) is 5.82 Å². The molecule has 0 saturated heterocycles. The van der Waals surface area contributed by atoms with Crippen LogP contribution in [0.4, 0.5) is 11.5 Å². The van der Waals surface area contributed by atoms with Crippen LogP contribution in [-0.4, -0.2) is 14.7 Å². The second kappa shape index (κ2) is 4.01. The average Bonchev–Trinajstić information content (AvgIpc) is 2.58. The monoisotopic (exact) mass is 238 g/mol. The molecule has 6 nitrogen and oxygen atoms in total. The molecule has 0 amide bonds. The molecule has 1 heterocycles. The molecule has 1 aromatic heterocycles. The van der Waals surface area contributed by atoms with E-state index >= 15 is 0 Å². The normalized spacial score (nSPS) is 23.5. The molecule has 1 atom stereocenters. The summed E-state index contributed by atoms with van der Waals surface area (Å²) in [7, 11) is 0. The largest absolute Gasteiger partial charge is 0.378 e. The standard InChI is InChI=1S/C11H18N4O2/c1-11(2)5-3-4-8(6-11)14-10(12)9(7-13-14)15(16)17/h7-8H,3-6,12H2,1-2H3. The summed E-state index contributed by atoms with van der Waals surface area (Å²) in [6, 6.07) is 0.187. The summed E-state index contributed by atoms with van der Waals surface area (Å²) in [6.45, 7) is 4.43. The highest BCUT2D eigenvalue weighted by Gasteiger charge is 2.31. The molecule has 2 N–H and O–H groups in total. The minimum atomic E-state index is -0.479. The van der Waals surface area contributed by atoms with Gasteiger partial charge in [0.25, 0.3) is 0 Å². The van der Waals surface area contributed by atoms with Gasteiger partial charge in [-0.15, -0.1) is 0 Å². The lowest BCUT2D eigenvalue weighted by Gasteiger charge is -2.35. The smallest absolute Gasteiger partial charge is 0.330 e. The Bertz CT molecular complexity index is 439. The highest BCUT2D eigenvalue weighted by molar-refractivity contribution is 5.51. The minimum Gasteiger partial charge on any atom is -0.378 e. The fraction of sp³-hybridized carbons (Fsp3) is 0.727.